The smallest absolute Gasteiger partial charge is 0.308 e. The molecule has 0 saturated carbocycles. The summed E-state index contributed by atoms with van der Waals surface area (Å²) < 4.78 is 0. The molecule has 1 aromatic heterocycles. The molecule has 150 valence electrons. The Morgan fingerprint density at radius 2 is 1.83 bits per heavy atom. The number of carbonyl (C=O) groups is 2. The number of carboxylic acids is 1. The minimum Gasteiger partial charge on any atom is -0.481 e. The van der Waals surface area contributed by atoms with Crippen molar-refractivity contribution in [3.05, 3.63) is 71.3 Å². The second-order valence-corrected chi connectivity index (χ2v) is 7.46. The van der Waals surface area contributed by atoms with Crippen LogP contribution >= 0.6 is 0 Å². The van der Waals surface area contributed by atoms with E-state index < -0.39 is 11.9 Å². The summed E-state index contributed by atoms with van der Waals surface area (Å²) in [6, 6.07) is 13.7. The molecule has 6 nitrogen and oxygen atoms in total. The monoisotopic (exact) mass is 391 g/mol. The Balaban J connectivity index is 1.77. The average molecular weight is 391 g/mol. The summed E-state index contributed by atoms with van der Waals surface area (Å²) in [7, 11) is 0. The van der Waals surface area contributed by atoms with Gasteiger partial charge >= 0.3 is 5.97 Å². The molecule has 1 heterocycles. The lowest BCUT2D eigenvalue weighted by molar-refractivity contribution is -0.141. The van der Waals surface area contributed by atoms with Crippen LogP contribution in [-0.4, -0.2) is 33.5 Å². The summed E-state index contributed by atoms with van der Waals surface area (Å²) in [5, 5.41) is 14.6. The van der Waals surface area contributed by atoms with E-state index in [1.807, 2.05) is 56.3 Å². The molecular formula is C23H25N3O3. The second kappa shape index (κ2) is 8.82. The number of fused-ring (bicyclic) bond motifs is 1. The maximum atomic E-state index is 12.7. The van der Waals surface area contributed by atoms with Gasteiger partial charge in [0.05, 0.1) is 17.2 Å². The highest BCUT2D eigenvalue weighted by atomic mass is 16.4. The fraction of sp³-hybridized carbons (Fsp3) is 0.304. The largest absolute Gasteiger partial charge is 0.481 e. The molecule has 0 spiro atoms. The molecular weight excluding hydrogens is 366 g/mol. The molecule has 0 aliphatic rings. The molecule has 0 fully saturated rings. The van der Waals surface area contributed by atoms with Gasteiger partial charge in [0, 0.05) is 12.7 Å². The van der Waals surface area contributed by atoms with Crippen LogP contribution in [0, 0.1) is 12.8 Å². The normalized spacial score (nSPS) is 12.1. The lowest BCUT2D eigenvalue weighted by atomic mass is 9.94. The third kappa shape index (κ3) is 4.77. The number of hydrogen-bond acceptors (Lipinski definition) is 4. The van der Waals surface area contributed by atoms with Gasteiger partial charge in [0.2, 0.25) is 0 Å². The number of benzene rings is 2. The maximum absolute atomic E-state index is 12.7. The number of aryl methyl sites for hydroxylation is 1. The van der Waals surface area contributed by atoms with E-state index in [1.165, 1.54) is 6.20 Å². The number of aliphatic carboxylic acids is 1. The summed E-state index contributed by atoms with van der Waals surface area (Å²) in [4.78, 5) is 33.0. The molecule has 0 radical (unpaired) electrons. The Bertz CT molecular complexity index is 1040. The van der Waals surface area contributed by atoms with Gasteiger partial charge in [0.15, 0.2) is 0 Å². The standard InChI is InChI=1S/C23H25N3O3/c1-14(2)21-20(13-24-15(3)26-21)22(27)25-12-18(23(28)29)11-17-9-6-8-16-7-4-5-10-19(16)17/h4-10,13-14,18H,11-12H2,1-3H3,(H,25,27)(H,28,29). The molecule has 2 N–H and O–H groups in total. The first-order chi connectivity index (χ1) is 13.9. The summed E-state index contributed by atoms with van der Waals surface area (Å²) in [6.07, 6.45) is 1.84. The number of nitrogens with zero attached hydrogens (tertiary/aromatic N) is 2. The predicted octanol–water partition coefficient (Wildman–Crippen LogP) is 3.73. The Morgan fingerprint density at radius 1 is 1.10 bits per heavy atom. The first-order valence-electron chi connectivity index (χ1n) is 9.68. The average Bonchev–Trinajstić information content (AvgIpc) is 2.70. The maximum Gasteiger partial charge on any atom is 0.308 e. The summed E-state index contributed by atoms with van der Waals surface area (Å²) >= 11 is 0. The van der Waals surface area contributed by atoms with Crippen molar-refractivity contribution >= 4 is 22.6 Å². The van der Waals surface area contributed by atoms with Gasteiger partial charge < -0.3 is 10.4 Å². The zero-order valence-corrected chi connectivity index (χ0v) is 16.8. The van der Waals surface area contributed by atoms with E-state index in [4.69, 9.17) is 0 Å². The quantitative estimate of drug-likeness (QED) is 0.640. The van der Waals surface area contributed by atoms with Crippen LogP contribution in [0.5, 0.6) is 0 Å². The van der Waals surface area contributed by atoms with E-state index >= 15 is 0 Å². The Kier molecular flexibility index (Phi) is 6.22. The van der Waals surface area contributed by atoms with Crippen molar-refractivity contribution in [2.24, 2.45) is 5.92 Å². The van der Waals surface area contributed by atoms with E-state index in [0.29, 0.717) is 23.5 Å². The molecule has 0 bridgehead atoms. The third-order valence-electron chi connectivity index (χ3n) is 4.93. The SMILES string of the molecule is Cc1ncc(C(=O)NCC(Cc2cccc3ccccc23)C(=O)O)c(C(C)C)n1. The molecule has 3 rings (SSSR count). The minimum atomic E-state index is -0.942. The van der Waals surface area contributed by atoms with Crippen molar-refractivity contribution in [2.45, 2.75) is 33.1 Å². The number of amides is 1. The molecule has 0 aliphatic heterocycles. The van der Waals surface area contributed by atoms with Gasteiger partial charge in [-0.15, -0.1) is 0 Å². The number of hydrogen-bond donors (Lipinski definition) is 2. The van der Waals surface area contributed by atoms with Gasteiger partial charge in [-0.05, 0) is 35.6 Å². The van der Waals surface area contributed by atoms with E-state index in [-0.39, 0.29) is 18.4 Å². The summed E-state index contributed by atoms with van der Waals surface area (Å²) in [5.74, 6) is -1.37. The summed E-state index contributed by atoms with van der Waals surface area (Å²) in [6.45, 7) is 5.72. The topological polar surface area (TPSA) is 92.2 Å². The van der Waals surface area contributed by atoms with Gasteiger partial charge in [0.25, 0.3) is 5.91 Å². The number of aromatic nitrogens is 2. The van der Waals surface area contributed by atoms with Crippen LogP contribution in [0.25, 0.3) is 10.8 Å². The molecule has 0 aliphatic carbocycles. The van der Waals surface area contributed by atoms with E-state index in [0.717, 1.165) is 16.3 Å². The van der Waals surface area contributed by atoms with Crippen molar-refractivity contribution in [1.29, 1.82) is 0 Å². The van der Waals surface area contributed by atoms with Crippen LogP contribution < -0.4 is 5.32 Å². The molecule has 0 saturated heterocycles. The Hall–Kier alpha value is -3.28. The van der Waals surface area contributed by atoms with Crippen LogP contribution in [0.1, 0.15) is 47.2 Å². The van der Waals surface area contributed by atoms with Crippen LogP contribution in [-0.2, 0) is 11.2 Å². The minimum absolute atomic E-state index is 0.0306. The second-order valence-electron chi connectivity index (χ2n) is 7.46. The Labute approximate surface area is 170 Å². The number of nitrogens with one attached hydrogen (secondary N) is 1. The van der Waals surface area contributed by atoms with Crippen molar-refractivity contribution < 1.29 is 14.7 Å². The molecule has 6 heteroatoms. The van der Waals surface area contributed by atoms with Crippen molar-refractivity contribution in [1.82, 2.24) is 15.3 Å². The highest BCUT2D eigenvalue weighted by molar-refractivity contribution is 5.95. The van der Waals surface area contributed by atoms with Crippen molar-refractivity contribution in [3.8, 4) is 0 Å². The van der Waals surface area contributed by atoms with Gasteiger partial charge in [-0.2, -0.15) is 0 Å². The van der Waals surface area contributed by atoms with Gasteiger partial charge in [-0.3, -0.25) is 9.59 Å². The predicted molar refractivity (Wildman–Crippen MR) is 112 cm³/mol. The van der Waals surface area contributed by atoms with Gasteiger partial charge in [0.1, 0.15) is 5.82 Å². The third-order valence-corrected chi connectivity index (χ3v) is 4.93. The fourth-order valence-corrected chi connectivity index (χ4v) is 3.40. The molecule has 1 unspecified atom stereocenters. The molecule has 1 atom stereocenters. The van der Waals surface area contributed by atoms with Crippen LogP contribution in [0.15, 0.2) is 48.7 Å². The molecule has 29 heavy (non-hydrogen) atoms. The zero-order valence-electron chi connectivity index (χ0n) is 16.8. The molecule has 3 aromatic rings. The Morgan fingerprint density at radius 3 is 2.55 bits per heavy atom. The van der Waals surface area contributed by atoms with Crippen LogP contribution in [0.4, 0.5) is 0 Å². The lowest BCUT2D eigenvalue weighted by Crippen LogP contribution is -2.35. The van der Waals surface area contributed by atoms with Gasteiger partial charge in [-0.25, -0.2) is 9.97 Å². The molecule has 2 aromatic carbocycles. The highest BCUT2D eigenvalue weighted by Crippen LogP contribution is 2.22. The summed E-state index contributed by atoms with van der Waals surface area (Å²) in [5.41, 5.74) is 2.00. The first-order valence-corrected chi connectivity index (χ1v) is 9.68. The molecule has 1 amide bonds. The number of carbonyl (C=O) groups excluding carboxylic acids is 1. The number of rotatable bonds is 7. The van der Waals surface area contributed by atoms with Crippen LogP contribution in [0.3, 0.4) is 0 Å². The highest BCUT2D eigenvalue weighted by Gasteiger charge is 2.22. The fourth-order valence-electron chi connectivity index (χ4n) is 3.40. The van der Waals surface area contributed by atoms with E-state index in [2.05, 4.69) is 15.3 Å². The van der Waals surface area contributed by atoms with E-state index in [1.54, 1.807) is 6.92 Å². The van der Waals surface area contributed by atoms with Gasteiger partial charge in [-0.1, -0.05) is 56.3 Å². The lowest BCUT2D eigenvalue weighted by Gasteiger charge is -2.16. The first kappa shape index (κ1) is 20.5. The van der Waals surface area contributed by atoms with Crippen LogP contribution in [0.2, 0.25) is 0 Å². The number of carboxylic acid groups (broad SMARTS) is 1. The van der Waals surface area contributed by atoms with Crippen molar-refractivity contribution in [3.63, 3.8) is 0 Å². The van der Waals surface area contributed by atoms with E-state index in [9.17, 15) is 14.7 Å². The zero-order chi connectivity index (χ0) is 21.0. The van der Waals surface area contributed by atoms with Crippen molar-refractivity contribution in [2.75, 3.05) is 6.54 Å².